The molecule has 0 unspecified atom stereocenters. The first-order chi connectivity index (χ1) is 13.6. The van der Waals surface area contributed by atoms with E-state index < -0.39 is 5.97 Å². The molecule has 1 amide bonds. The number of nitrogens with zero attached hydrogens (tertiary/aromatic N) is 1. The second-order valence-electron chi connectivity index (χ2n) is 6.45. The van der Waals surface area contributed by atoms with Crippen LogP contribution in [0.3, 0.4) is 0 Å². The molecule has 28 heavy (non-hydrogen) atoms. The fraction of sp³-hybridized carbons (Fsp3) is 0.500. The van der Waals surface area contributed by atoms with Crippen LogP contribution in [-0.2, 0) is 19.1 Å². The van der Waals surface area contributed by atoms with E-state index in [-0.39, 0.29) is 38.2 Å². The first kappa shape index (κ1) is 23.4. The fourth-order valence-electron chi connectivity index (χ4n) is 2.58. The maximum Gasteiger partial charge on any atom is 0.325 e. The third-order valence-corrected chi connectivity index (χ3v) is 4.10. The third-order valence-electron chi connectivity index (χ3n) is 4.10. The molecule has 6 heteroatoms. The van der Waals surface area contributed by atoms with Crippen molar-refractivity contribution >= 4 is 17.8 Å². The average molecular weight is 389 g/mol. The van der Waals surface area contributed by atoms with Gasteiger partial charge in [-0.05, 0) is 18.6 Å². The Hall–Kier alpha value is -2.63. The number of benzene rings is 1. The van der Waals surface area contributed by atoms with Crippen LogP contribution < -0.4 is 0 Å². The van der Waals surface area contributed by atoms with E-state index >= 15 is 0 Å². The predicted octanol–water partition coefficient (Wildman–Crippen LogP) is 3.76. The monoisotopic (exact) mass is 389 g/mol. The molecule has 0 aliphatic carbocycles. The highest BCUT2D eigenvalue weighted by Crippen LogP contribution is 2.07. The van der Waals surface area contributed by atoms with Gasteiger partial charge in [0.2, 0.25) is 0 Å². The molecule has 0 bridgehead atoms. The van der Waals surface area contributed by atoms with E-state index in [4.69, 9.17) is 9.47 Å². The molecular formula is C22H31NO5. The number of amides is 1. The Morgan fingerprint density at radius 3 is 2.39 bits per heavy atom. The second-order valence-corrected chi connectivity index (χ2v) is 6.45. The van der Waals surface area contributed by atoms with Crippen LogP contribution in [0.25, 0.3) is 0 Å². The van der Waals surface area contributed by atoms with Crippen LogP contribution in [-0.4, -0.2) is 49.0 Å². The van der Waals surface area contributed by atoms with Crippen LogP contribution in [0.5, 0.6) is 0 Å². The minimum absolute atomic E-state index is 0.0428. The van der Waals surface area contributed by atoms with E-state index in [9.17, 15) is 14.4 Å². The van der Waals surface area contributed by atoms with Gasteiger partial charge >= 0.3 is 11.9 Å². The van der Waals surface area contributed by atoms with Gasteiger partial charge in [0, 0.05) is 12.0 Å². The van der Waals surface area contributed by atoms with Crippen molar-refractivity contribution in [3.8, 4) is 0 Å². The van der Waals surface area contributed by atoms with Gasteiger partial charge in [-0.15, -0.1) is 0 Å². The molecule has 0 aromatic heterocycles. The summed E-state index contributed by atoms with van der Waals surface area (Å²) < 4.78 is 10.2. The summed E-state index contributed by atoms with van der Waals surface area (Å²) in [5.41, 5.74) is 0.460. The Labute approximate surface area is 167 Å². The molecular weight excluding hydrogens is 358 g/mol. The van der Waals surface area contributed by atoms with Crippen molar-refractivity contribution in [2.24, 2.45) is 0 Å². The van der Waals surface area contributed by atoms with Gasteiger partial charge in [-0.25, -0.2) is 0 Å². The van der Waals surface area contributed by atoms with Crippen molar-refractivity contribution in [3.05, 3.63) is 48.6 Å². The van der Waals surface area contributed by atoms with Crippen LogP contribution in [0.1, 0.15) is 55.8 Å². The number of rotatable bonds is 14. The number of hydrogen-bond donors (Lipinski definition) is 0. The van der Waals surface area contributed by atoms with Gasteiger partial charge < -0.3 is 14.4 Å². The third kappa shape index (κ3) is 9.90. The maximum atomic E-state index is 12.7. The van der Waals surface area contributed by atoms with E-state index in [2.05, 4.69) is 13.5 Å². The van der Waals surface area contributed by atoms with Crippen molar-refractivity contribution in [1.29, 1.82) is 0 Å². The number of carbonyl (C=O) groups is 3. The van der Waals surface area contributed by atoms with E-state index in [1.165, 1.54) is 17.4 Å². The highest BCUT2D eigenvalue weighted by molar-refractivity contribution is 5.96. The van der Waals surface area contributed by atoms with Crippen LogP contribution in [0.2, 0.25) is 0 Å². The predicted molar refractivity (Wildman–Crippen MR) is 108 cm³/mol. The summed E-state index contributed by atoms with van der Waals surface area (Å²) in [6.45, 7) is 5.67. The first-order valence-electron chi connectivity index (χ1n) is 9.85. The zero-order valence-electron chi connectivity index (χ0n) is 16.7. The molecule has 0 radical (unpaired) electrons. The molecule has 0 spiro atoms. The summed E-state index contributed by atoms with van der Waals surface area (Å²) in [7, 11) is 0. The quantitative estimate of drug-likeness (QED) is 0.275. The minimum atomic E-state index is -0.536. The van der Waals surface area contributed by atoms with E-state index in [1.807, 2.05) is 6.07 Å². The Morgan fingerprint density at radius 2 is 1.71 bits per heavy atom. The SMILES string of the molecule is C=CCOC(=O)CN(CCOC(=O)CCCCCCC)C(=O)c1ccccc1. The smallest absolute Gasteiger partial charge is 0.325 e. The number of hydrogen-bond acceptors (Lipinski definition) is 5. The molecule has 0 heterocycles. The van der Waals surface area contributed by atoms with Gasteiger partial charge in [-0.1, -0.05) is 63.5 Å². The molecule has 6 nitrogen and oxygen atoms in total. The molecule has 0 N–H and O–H groups in total. The normalized spacial score (nSPS) is 10.2. The van der Waals surface area contributed by atoms with Crippen LogP contribution in [0, 0.1) is 0 Å². The Bertz CT molecular complexity index is 615. The zero-order chi connectivity index (χ0) is 20.6. The van der Waals surface area contributed by atoms with Gasteiger partial charge in [0.15, 0.2) is 0 Å². The first-order valence-corrected chi connectivity index (χ1v) is 9.85. The second kappa shape index (κ2) is 14.4. The molecule has 1 aromatic carbocycles. The van der Waals surface area contributed by atoms with Gasteiger partial charge in [0.05, 0.1) is 6.54 Å². The van der Waals surface area contributed by atoms with Crippen LogP contribution >= 0.6 is 0 Å². The molecule has 0 saturated heterocycles. The standard InChI is InChI=1S/C22H31NO5/c1-3-5-6-7-11-14-20(24)28-17-15-23(18-21(25)27-16-4-2)22(26)19-12-9-8-10-13-19/h4,8-10,12-13H,2-3,5-7,11,14-18H2,1H3. The van der Waals surface area contributed by atoms with Gasteiger partial charge in [-0.3, -0.25) is 14.4 Å². The summed E-state index contributed by atoms with van der Waals surface area (Å²) in [4.78, 5) is 37.7. The molecule has 0 saturated carbocycles. The van der Waals surface area contributed by atoms with E-state index in [0.29, 0.717) is 12.0 Å². The lowest BCUT2D eigenvalue weighted by molar-refractivity contribution is -0.144. The lowest BCUT2D eigenvalue weighted by Gasteiger charge is -2.21. The topological polar surface area (TPSA) is 72.9 Å². The highest BCUT2D eigenvalue weighted by Gasteiger charge is 2.20. The molecule has 0 aliphatic rings. The highest BCUT2D eigenvalue weighted by atomic mass is 16.5. The average Bonchev–Trinajstić information content (AvgIpc) is 2.71. The van der Waals surface area contributed by atoms with Crippen LogP contribution in [0.4, 0.5) is 0 Å². The Balaban J connectivity index is 2.50. The summed E-state index contributed by atoms with van der Waals surface area (Å²) in [6, 6.07) is 8.65. The largest absolute Gasteiger partial charge is 0.464 e. The summed E-state index contributed by atoms with van der Waals surface area (Å²) in [6.07, 6.45) is 7.10. The maximum absolute atomic E-state index is 12.7. The van der Waals surface area contributed by atoms with Gasteiger partial charge in [-0.2, -0.15) is 0 Å². The zero-order valence-corrected chi connectivity index (χ0v) is 16.7. The van der Waals surface area contributed by atoms with Crippen molar-refractivity contribution in [1.82, 2.24) is 4.90 Å². The minimum Gasteiger partial charge on any atom is -0.464 e. The molecule has 154 valence electrons. The van der Waals surface area contributed by atoms with Gasteiger partial charge in [0.25, 0.3) is 5.91 Å². The molecule has 0 atom stereocenters. The molecule has 0 aliphatic heterocycles. The fourth-order valence-corrected chi connectivity index (χ4v) is 2.58. The Kier molecular flexibility index (Phi) is 12.1. The lowest BCUT2D eigenvalue weighted by Crippen LogP contribution is -2.39. The van der Waals surface area contributed by atoms with Crippen molar-refractivity contribution < 1.29 is 23.9 Å². The molecule has 0 fully saturated rings. The van der Waals surface area contributed by atoms with Crippen molar-refractivity contribution in [2.45, 2.75) is 45.4 Å². The molecule has 1 rings (SSSR count). The van der Waals surface area contributed by atoms with Gasteiger partial charge in [0.1, 0.15) is 19.8 Å². The number of esters is 2. The van der Waals surface area contributed by atoms with E-state index in [1.54, 1.807) is 24.3 Å². The summed E-state index contributed by atoms with van der Waals surface area (Å²) >= 11 is 0. The number of carbonyl (C=O) groups excluding carboxylic acids is 3. The molecule has 1 aromatic rings. The lowest BCUT2D eigenvalue weighted by atomic mass is 10.1. The summed E-state index contributed by atoms with van der Waals surface area (Å²) in [5, 5.41) is 0. The Morgan fingerprint density at radius 1 is 1.00 bits per heavy atom. The summed E-state index contributed by atoms with van der Waals surface area (Å²) in [5.74, 6) is -1.13. The number of ether oxygens (including phenoxy) is 2. The van der Waals surface area contributed by atoms with E-state index in [0.717, 1.165) is 25.7 Å². The van der Waals surface area contributed by atoms with Crippen LogP contribution in [0.15, 0.2) is 43.0 Å². The van der Waals surface area contributed by atoms with Crippen molar-refractivity contribution in [3.63, 3.8) is 0 Å². The number of unbranched alkanes of at least 4 members (excludes halogenated alkanes) is 4. The van der Waals surface area contributed by atoms with Crippen molar-refractivity contribution in [2.75, 3.05) is 26.3 Å².